The van der Waals surface area contributed by atoms with Gasteiger partial charge in [0.1, 0.15) is 10.4 Å². The molecule has 0 unspecified atom stereocenters. The maximum absolute atomic E-state index is 12.2. The number of nitriles is 1. The lowest BCUT2D eigenvalue weighted by Gasteiger charge is -2.31. The highest BCUT2D eigenvalue weighted by Gasteiger charge is 2.33. The van der Waals surface area contributed by atoms with Crippen LogP contribution in [0.3, 0.4) is 0 Å². The molecule has 2 aromatic rings. The molecule has 1 amide bonds. The van der Waals surface area contributed by atoms with E-state index in [0.717, 1.165) is 34.8 Å². The molecule has 0 bridgehead atoms. The number of rotatable bonds is 5. The van der Waals surface area contributed by atoms with Crippen LogP contribution in [0.15, 0.2) is 9.64 Å². The molecular weight excluding hydrogens is 358 g/mol. The van der Waals surface area contributed by atoms with Crippen molar-refractivity contribution in [2.45, 2.75) is 56.7 Å². The SMILES string of the molecule is Cc1nc(C)c(-c2nnc(SCC(=O)NC3(C#N)CCCCC3)o2)s1. The molecule has 0 aromatic carbocycles. The van der Waals surface area contributed by atoms with Gasteiger partial charge >= 0.3 is 0 Å². The Morgan fingerprint density at radius 1 is 1.36 bits per heavy atom. The maximum atomic E-state index is 12.2. The Morgan fingerprint density at radius 2 is 2.12 bits per heavy atom. The van der Waals surface area contributed by atoms with Crippen molar-refractivity contribution >= 4 is 29.0 Å². The number of aromatic nitrogens is 3. The topological polar surface area (TPSA) is 105 Å². The van der Waals surface area contributed by atoms with Gasteiger partial charge in [0.2, 0.25) is 5.91 Å². The summed E-state index contributed by atoms with van der Waals surface area (Å²) >= 11 is 2.68. The first-order valence-corrected chi connectivity index (χ1v) is 9.94. The lowest BCUT2D eigenvalue weighted by atomic mass is 9.83. The Morgan fingerprint density at radius 3 is 2.76 bits per heavy atom. The smallest absolute Gasteiger partial charge is 0.277 e. The number of hydrogen-bond donors (Lipinski definition) is 1. The van der Waals surface area contributed by atoms with Crippen molar-refractivity contribution < 1.29 is 9.21 Å². The lowest BCUT2D eigenvalue weighted by molar-refractivity contribution is -0.120. The number of carbonyl (C=O) groups is 1. The molecule has 1 aliphatic carbocycles. The van der Waals surface area contributed by atoms with Crippen molar-refractivity contribution in [3.05, 3.63) is 10.7 Å². The van der Waals surface area contributed by atoms with E-state index < -0.39 is 5.54 Å². The molecule has 1 saturated carbocycles. The van der Waals surface area contributed by atoms with Gasteiger partial charge in [-0.2, -0.15) is 5.26 Å². The van der Waals surface area contributed by atoms with Gasteiger partial charge in [-0.3, -0.25) is 4.79 Å². The number of hydrogen-bond acceptors (Lipinski definition) is 8. The zero-order valence-corrected chi connectivity index (χ0v) is 15.8. The van der Waals surface area contributed by atoms with E-state index >= 15 is 0 Å². The maximum Gasteiger partial charge on any atom is 0.277 e. The van der Waals surface area contributed by atoms with Gasteiger partial charge in [-0.25, -0.2) is 4.98 Å². The highest BCUT2D eigenvalue weighted by molar-refractivity contribution is 7.99. The van der Waals surface area contributed by atoms with E-state index in [4.69, 9.17) is 4.42 Å². The van der Waals surface area contributed by atoms with Gasteiger partial charge < -0.3 is 9.73 Å². The fourth-order valence-electron chi connectivity index (χ4n) is 2.94. The van der Waals surface area contributed by atoms with Crippen molar-refractivity contribution in [2.75, 3.05) is 5.75 Å². The van der Waals surface area contributed by atoms with Crippen molar-refractivity contribution in [3.63, 3.8) is 0 Å². The van der Waals surface area contributed by atoms with Crippen molar-refractivity contribution in [2.24, 2.45) is 0 Å². The third-order valence-corrected chi connectivity index (χ3v) is 6.01. The molecule has 0 radical (unpaired) electrons. The predicted molar refractivity (Wildman–Crippen MR) is 95.2 cm³/mol. The minimum atomic E-state index is -0.715. The molecule has 0 atom stereocenters. The Kier molecular flexibility index (Phi) is 5.39. The van der Waals surface area contributed by atoms with Crippen molar-refractivity contribution in [3.8, 4) is 16.8 Å². The van der Waals surface area contributed by atoms with Crippen LogP contribution in [0.2, 0.25) is 0 Å². The number of thioether (sulfide) groups is 1. The van der Waals surface area contributed by atoms with E-state index in [1.165, 1.54) is 23.1 Å². The minimum absolute atomic E-state index is 0.145. The summed E-state index contributed by atoms with van der Waals surface area (Å²) in [5.74, 6) is 0.385. The zero-order chi connectivity index (χ0) is 17.9. The fraction of sp³-hybridized carbons (Fsp3) is 0.562. The summed E-state index contributed by atoms with van der Waals surface area (Å²) in [5, 5.41) is 21.6. The van der Waals surface area contributed by atoms with Crippen LogP contribution >= 0.6 is 23.1 Å². The van der Waals surface area contributed by atoms with Gasteiger partial charge in [0, 0.05) is 0 Å². The average molecular weight is 377 g/mol. The number of aryl methyl sites for hydroxylation is 2. The second-order valence-electron chi connectivity index (χ2n) is 6.11. The summed E-state index contributed by atoms with van der Waals surface area (Å²) in [7, 11) is 0. The Hall–Kier alpha value is -1.92. The predicted octanol–water partition coefficient (Wildman–Crippen LogP) is 3.24. The van der Waals surface area contributed by atoms with Gasteiger partial charge in [0.25, 0.3) is 11.1 Å². The first kappa shape index (κ1) is 17.9. The van der Waals surface area contributed by atoms with Crippen LogP contribution in [0.1, 0.15) is 42.8 Å². The van der Waals surface area contributed by atoms with Crippen molar-refractivity contribution in [1.82, 2.24) is 20.5 Å². The van der Waals surface area contributed by atoms with Crippen LogP contribution in [-0.4, -0.2) is 32.4 Å². The number of carbonyl (C=O) groups excluding carboxylic acids is 1. The molecular formula is C16H19N5O2S2. The molecule has 7 nitrogen and oxygen atoms in total. The molecule has 1 aliphatic rings. The van der Waals surface area contributed by atoms with Crippen molar-refractivity contribution in [1.29, 1.82) is 5.26 Å². The number of nitrogens with one attached hydrogen (secondary N) is 1. The van der Waals surface area contributed by atoms with E-state index in [2.05, 4.69) is 26.6 Å². The number of thiazole rings is 1. The summed E-state index contributed by atoms with van der Waals surface area (Å²) in [6.45, 7) is 3.82. The summed E-state index contributed by atoms with van der Waals surface area (Å²) < 4.78 is 5.62. The van der Waals surface area contributed by atoms with Crippen LogP contribution < -0.4 is 5.32 Å². The van der Waals surface area contributed by atoms with E-state index in [0.29, 0.717) is 24.0 Å². The monoisotopic (exact) mass is 377 g/mol. The first-order valence-electron chi connectivity index (χ1n) is 8.14. The summed E-state index contributed by atoms with van der Waals surface area (Å²) in [6, 6.07) is 2.28. The molecule has 3 rings (SSSR count). The highest BCUT2D eigenvalue weighted by Crippen LogP contribution is 2.31. The van der Waals surface area contributed by atoms with Crippen LogP contribution in [-0.2, 0) is 4.79 Å². The third kappa shape index (κ3) is 4.19. The second kappa shape index (κ2) is 7.54. The fourth-order valence-corrected chi connectivity index (χ4v) is 4.34. The van der Waals surface area contributed by atoms with Gasteiger partial charge in [0.05, 0.1) is 22.5 Å². The Bertz CT molecular complexity index is 802. The minimum Gasteiger partial charge on any atom is -0.410 e. The molecule has 0 aliphatic heterocycles. The van der Waals surface area contributed by atoms with Crippen LogP contribution in [0, 0.1) is 25.2 Å². The van der Waals surface area contributed by atoms with Gasteiger partial charge in [-0.05, 0) is 26.7 Å². The first-order chi connectivity index (χ1) is 12.0. The van der Waals surface area contributed by atoms with E-state index in [1.807, 2.05) is 13.8 Å². The second-order valence-corrected chi connectivity index (χ2v) is 8.24. The molecule has 1 fully saturated rings. The quantitative estimate of drug-likeness (QED) is 0.797. The number of nitrogens with zero attached hydrogens (tertiary/aromatic N) is 4. The summed E-state index contributed by atoms with van der Waals surface area (Å²) in [4.78, 5) is 17.4. The largest absolute Gasteiger partial charge is 0.410 e. The molecule has 2 aromatic heterocycles. The van der Waals surface area contributed by atoms with Gasteiger partial charge in [0.15, 0.2) is 0 Å². The van der Waals surface area contributed by atoms with Crippen LogP contribution in [0.5, 0.6) is 0 Å². The molecule has 0 spiro atoms. The lowest BCUT2D eigenvalue weighted by Crippen LogP contribution is -2.49. The van der Waals surface area contributed by atoms with Gasteiger partial charge in [-0.1, -0.05) is 31.0 Å². The van der Waals surface area contributed by atoms with E-state index in [-0.39, 0.29) is 11.7 Å². The summed E-state index contributed by atoms with van der Waals surface area (Å²) in [6.07, 6.45) is 4.50. The Labute approximate surface area is 154 Å². The van der Waals surface area contributed by atoms with Crippen LogP contribution in [0.4, 0.5) is 0 Å². The zero-order valence-electron chi connectivity index (χ0n) is 14.2. The van der Waals surface area contributed by atoms with Crippen LogP contribution in [0.25, 0.3) is 10.8 Å². The third-order valence-electron chi connectivity index (χ3n) is 4.13. The highest BCUT2D eigenvalue weighted by atomic mass is 32.2. The molecule has 132 valence electrons. The Balaban J connectivity index is 1.58. The standard InChI is InChI=1S/C16H19N5O2S2/c1-10-13(25-11(2)18-10)14-20-21-15(23-14)24-8-12(22)19-16(9-17)6-4-3-5-7-16/h3-8H2,1-2H3,(H,19,22). The average Bonchev–Trinajstić information content (AvgIpc) is 3.19. The van der Waals surface area contributed by atoms with E-state index in [1.54, 1.807) is 0 Å². The number of amides is 1. The molecule has 9 heteroatoms. The normalized spacial score (nSPS) is 16.4. The summed E-state index contributed by atoms with van der Waals surface area (Å²) in [5.41, 5.74) is 0.140. The molecule has 2 heterocycles. The molecule has 0 saturated heterocycles. The van der Waals surface area contributed by atoms with Gasteiger partial charge in [-0.15, -0.1) is 21.5 Å². The van der Waals surface area contributed by atoms with E-state index in [9.17, 15) is 10.1 Å². The molecule has 1 N–H and O–H groups in total. The molecule has 25 heavy (non-hydrogen) atoms.